The molecule has 0 radical (unpaired) electrons. The molecule has 2 N–H and O–H groups in total. The first kappa shape index (κ1) is 19.5. The number of alkyl halides is 3. The molecule has 148 valence electrons. The topological polar surface area (TPSA) is 70.7 Å². The predicted octanol–water partition coefficient (Wildman–Crippen LogP) is 2.66. The number of carbonyl (C=O) groups is 2. The van der Waals surface area contributed by atoms with Gasteiger partial charge in [-0.25, -0.2) is 0 Å². The van der Waals surface area contributed by atoms with Gasteiger partial charge >= 0.3 is 6.18 Å². The molecule has 28 heavy (non-hydrogen) atoms. The van der Waals surface area contributed by atoms with E-state index in [1.165, 1.54) is 25.2 Å². The van der Waals surface area contributed by atoms with Crippen LogP contribution < -0.4 is 20.3 Å². The molecule has 1 aliphatic heterocycles. The fourth-order valence-electron chi connectivity index (χ4n) is 2.96. The normalized spacial score (nSPS) is 16.0. The van der Waals surface area contributed by atoms with Gasteiger partial charge in [-0.1, -0.05) is 24.3 Å². The van der Waals surface area contributed by atoms with Crippen LogP contribution in [-0.4, -0.2) is 38.1 Å². The number of nitrogens with one attached hydrogen (secondary N) is 2. The van der Waals surface area contributed by atoms with Gasteiger partial charge in [-0.2, -0.15) is 13.2 Å². The monoisotopic (exact) mass is 393 g/mol. The minimum atomic E-state index is -4.58. The molecule has 1 aliphatic rings. The summed E-state index contributed by atoms with van der Waals surface area (Å²) < 4.78 is 45.0. The number of halogens is 3. The Bertz CT molecular complexity index is 886. The van der Waals surface area contributed by atoms with Gasteiger partial charge in [-0.15, -0.1) is 0 Å². The van der Waals surface area contributed by atoms with Gasteiger partial charge in [0.25, 0.3) is 5.91 Å². The Kier molecular flexibility index (Phi) is 5.43. The Hall–Kier alpha value is -3.23. The lowest BCUT2D eigenvalue weighted by molar-refractivity contribution is -0.137. The molecule has 6 nitrogen and oxygen atoms in total. The predicted molar refractivity (Wildman–Crippen MR) is 97.2 cm³/mol. The highest BCUT2D eigenvalue weighted by atomic mass is 19.4. The Labute approximate surface area is 159 Å². The van der Waals surface area contributed by atoms with E-state index in [1.807, 2.05) is 0 Å². The van der Waals surface area contributed by atoms with Gasteiger partial charge in [0.05, 0.1) is 30.0 Å². The number of rotatable bonds is 4. The summed E-state index contributed by atoms with van der Waals surface area (Å²) in [6, 6.07) is 11.6. The van der Waals surface area contributed by atoms with Gasteiger partial charge in [0.1, 0.15) is 5.75 Å². The van der Waals surface area contributed by atoms with Crippen LogP contribution in [0.25, 0.3) is 0 Å². The second-order valence-corrected chi connectivity index (χ2v) is 6.16. The minimum absolute atomic E-state index is 0.0883. The number of fused-ring (bicyclic) bond motifs is 1. The van der Waals surface area contributed by atoms with Crippen molar-refractivity contribution in [3.8, 4) is 5.75 Å². The maximum Gasteiger partial charge on any atom is 0.418 e. The van der Waals surface area contributed by atoms with Crippen LogP contribution in [-0.2, 0) is 15.8 Å². The van der Waals surface area contributed by atoms with Crippen LogP contribution in [0.1, 0.15) is 5.56 Å². The molecule has 3 rings (SSSR count). The molecule has 0 unspecified atom stereocenters. The maximum absolute atomic E-state index is 13.1. The molecule has 1 heterocycles. The number of carbonyl (C=O) groups excluding carboxylic acids is 2. The first-order valence-electron chi connectivity index (χ1n) is 8.48. The van der Waals surface area contributed by atoms with Crippen molar-refractivity contribution in [1.29, 1.82) is 0 Å². The van der Waals surface area contributed by atoms with E-state index in [1.54, 1.807) is 29.2 Å². The third kappa shape index (κ3) is 4.19. The van der Waals surface area contributed by atoms with Crippen molar-refractivity contribution in [1.82, 2.24) is 5.32 Å². The Balaban J connectivity index is 1.79. The number of ether oxygens (including phenoxy) is 1. The quantitative estimate of drug-likeness (QED) is 0.838. The lowest BCUT2D eigenvalue weighted by Crippen LogP contribution is -2.50. The third-order valence-electron chi connectivity index (χ3n) is 4.24. The molecule has 0 saturated heterocycles. The van der Waals surface area contributed by atoms with Crippen molar-refractivity contribution in [2.45, 2.75) is 12.3 Å². The number of anilines is 2. The average Bonchev–Trinajstić information content (AvgIpc) is 2.66. The molecule has 0 aliphatic carbocycles. The maximum atomic E-state index is 13.1. The third-order valence-corrected chi connectivity index (χ3v) is 4.24. The minimum Gasteiger partial charge on any atom is -0.477 e. The van der Waals surface area contributed by atoms with Crippen molar-refractivity contribution in [2.75, 3.05) is 30.4 Å². The van der Waals surface area contributed by atoms with Gasteiger partial charge in [-0.3, -0.25) is 9.59 Å². The molecule has 0 aromatic heterocycles. The van der Waals surface area contributed by atoms with E-state index in [0.717, 1.165) is 6.07 Å². The fraction of sp³-hybridized carbons (Fsp3) is 0.263. The zero-order valence-electron chi connectivity index (χ0n) is 14.9. The van der Waals surface area contributed by atoms with E-state index in [9.17, 15) is 22.8 Å². The number of hydrogen-bond donors (Lipinski definition) is 2. The lowest BCUT2D eigenvalue weighted by atomic mass is 10.1. The molecule has 2 aromatic rings. The van der Waals surface area contributed by atoms with Crippen LogP contribution in [0.3, 0.4) is 0 Å². The van der Waals surface area contributed by atoms with E-state index in [2.05, 4.69) is 10.6 Å². The van der Waals surface area contributed by atoms with Crippen LogP contribution in [0, 0.1) is 0 Å². The number of nitrogens with zero attached hydrogens (tertiary/aromatic N) is 1. The fourth-order valence-corrected chi connectivity index (χ4v) is 2.96. The zero-order valence-corrected chi connectivity index (χ0v) is 14.9. The summed E-state index contributed by atoms with van der Waals surface area (Å²) >= 11 is 0. The number of benzene rings is 2. The molecule has 2 amide bonds. The second-order valence-electron chi connectivity index (χ2n) is 6.16. The molecular weight excluding hydrogens is 375 g/mol. The van der Waals surface area contributed by atoms with Gasteiger partial charge in [0.2, 0.25) is 5.91 Å². The molecule has 1 atom stereocenters. The lowest BCUT2D eigenvalue weighted by Gasteiger charge is -2.35. The van der Waals surface area contributed by atoms with E-state index in [0.29, 0.717) is 11.4 Å². The number of para-hydroxylation sites is 3. The SMILES string of the molecule is CNC(=O)[C@H]1CN(CC(=O)Nc2ccccc2C(F)(F)F)c2ccccc2O1. The summed E-state index contributed by atoms with van der Waals surface area (Å²) in [4.78, 5) is 26.0. The van der Waals surface area contributed by atoms with Gasteiger partial charge < -0.3 is 20.3 Å². The first-order valence-corrected chi connectivity index (χ1v) is 8.48. The first-order chi connectivity index (χ1) is 13.3. The van der Waals surface area contributed by atoms with E-state index < -0.39 is 23.8 Å². The second kappa shape index (κ2) is 7.79. The average molecular weight is 393 g/mol. The van der Waals surface area contributed by atoms with Gasteiger partial charge in [0.15, 0.2) is 6.10 Å². The highest BCUT2D eigenvalue weighted by Gasteiger charge is 2.34. The van der Waals surface area contributed by atoms with Crippen LogP contribution >= 0.6 is 0 Å². The molecule has 0 spiro atoms. The molecule has 0 bridgehead atoms. The summed E-state index contributed by atoms with van der Waals surface area (Å²) in [5, 5.41) is 4.80. The highest BCUT2D eigenvalue weighted by molar-refractivity contribution is 5.95. The van der Waals surface area contributed by atoms with Gasteiger partial charge in [0, 0.05) is 7.05 Å². The van der Waals surface area contributed by atoms with Crippen LogP contribution in [0.5, 0.6) is 5.75 Å². The van der Waals surface area contributed by atoms with Crippen molar-refractivity contribution >= 4 is 23.2 Å². The van der Waals surface area contributed by atoms with Crippen LogP contribution in [0.4, 0.5) is 24.5 Å². The Morgan fingerprint density at radius 2 is 1.82 bits per heavy atom. The number of likely N-dealkylation sites (N-methyl/N-ethyl adjacent to an activating group) is 1. The standard InChI is InChI=1S/C19H18F3N3O3/c1-23-18(27)16-10-25(14-8-4-5-9-15(14)28-16)11-17(26)24-13-7-3-2-6-12(13)19(20,21)22/h2-9,16H,10-11H2,1H3,(H,23,27)(H,24,26)/t16-/m1/s1. The summed E-state index contributed by atoms with van der Waals surface area (Å²) in [6.45, 7) is -0.148. The van der Waals surface area contributed by atoms with Crippen molar-refractivity contribution in [2.24, 2.45) is 0 Å². The summed E-state index contributed by atoms with van der Waals surface area (Å²) in [5.74, 6) is -0.572. The van der Waals surface area contributed by atoms with Crippen LogP contribution in [0.2, 0.25) is 0 Å². The zero-order chi connectivity index (χ0) is 20.3. The number of amides is 2. The summed E-state index contributed by atoms with van der Waals surface area (Å²) in [6.07, 6.45) is -5.42. The molecule has 9 heteroatoms. The van der Waals surface area contributed by atoms with Gasteiger partial charge in [-0.05, 0) is 24.3 Å². The highest BCUT2D eigenvalue weighted by Crippen LogP contribution is 2.35. The summed E-state index contributed by atoms with van der Waals surface area (Å²) in [5.41, 5.74) is -0.653. The molecule has 0 saturated carbocycles. The molecule has 2 aromatic carbocycles. The number of hydrogen-bond acceptors (Lipinski definition) is 4. The Morgan fingerprint density at radius 1 is 1.14 bits per heavy atom. The van der Waals surface area contributed by atoms with E-state index >= 15 is 0 Å². The van der Waals surface area contributed by atoms with Crippen molar-refractivity contribution in [3.05, 3.63) is 54.1 Å². The molecule has 0 fully saturated rings. The van der Waals surface area contributed by atoms with E-state index in [4.69, 9.17) is 4.74 Å². The van der Waals surface area contributed by atoms with Crippen molar-refractivity contribution < 1.29 is 27.5 Å². The molecular formula is C19H18F3N3O3. The summed E-state index contributed by atoms with van der Waals surface area (Å²) in [7, 11) is 1.47. The Morgan fingerprint density at radius 3 is 2.54 bits per heavy atom. The van der Waals surface area contributed by atoms with Crippen LogP contribution in [0.15, 0.2) is 48.5 Å². The smallest absolute Gasteiger partial charge is 0.418 e. The largest absolute Gasteiger partial charge is 0.477 e. The van der Waals surface area contributed by atoms with Crippen molar-refractivity contribution in [3.63, 3.8) is 0 Å². The van der Waals surface area contributed by atoms with E-state index in [-0.39, 0.29) is 24.7 Å².